The molecule has 5 rings (SSSR count). The first-order chi connectivity index (χ1) is 16.1. The van der Waals surface area contributed by atoms with E-state index in [2.05, 4.69) is 23.9 Å². The second-order valence-corrected chi connectivity index (χ2v) is 9.15. The minimum Gasteiger partial charge on any atom is -0.494 e. The fraction of sp³-hybridized carbons (Fsp3) is 0.200. The van der Waals surface area contributed by atoms with Gasteiger partial charge in [0, 0.05) is 17.3 Å². The first-order valence-corrected chi connectivity index (χ1v) is 11.6. The third-order valence-electron chi connectivity index (χ3n) is 5.26. The average molecular weight is 458 g/mol. The third kappa shape index (κ3) is 4.42. The molecule has 0 spiro atoms. The number of fused-ring (bicyclic) bond motifs is 1. The van der Waals surface area contributed by atoms with E-state index < -0.39 is 0 Å². The number of hydrogen-bond acceptors (Lipinski definition) is 6. The van der Waals surface area contributed by atoms with Gasteiger partial charge in [-0.3, -0.25) is 4.79 Å². The molecule has 0 aliphatic heterocycles. The van der Waals surface area contributed by atoms with Crippen LogP contribution < -0.4 is 14.8 Å². The summed E-state index contributed by atoms with van der Waals surface area (Å²) in [7, 11) is 0. The summed E-state index contributed by atoms with van der Waals surface area (Å²) in [6.07, 6.45) is 6.20. The van der Waals surface area contributed by atoms with Gasteiger partial charge in [-0.25, -0.2) is 9.67 Å². The Bertz CT molecular complexity index is 1480. The Labute approximate surface area is 194 Å². The van der Waals surface area contributed by atoms with Crippen LogP contribution in [0.3, 0.4) is 0 Å². The molecule has 0 fully saturated rings. The van der Waals surface area contributed by atoms with E-state index in [1.807, 2.05) is 71.6 Å². The number of hydrogen-bond donors (Lipinski definition) is 0. The van der Waals surface area contributed by atoms with Crippen molar-refractivity contribution < 1.29 is 4.74 Å². The van der Waals surface area contributed by atoms with Crippen molar-refractivity contribution in [2.45, 2.75) is 20.3 Å². The molecule has 0 bridgehead atoms. The Kier molecular flexibility index (Phi) is 5.75. The van der Waals surface area contributed by atoms with Crippen molar-refractivity contribution in [1.82, 2.24) is 24.4 Å². The molecule has 0 aliphatic rings. The van der Waals surface area contributed by atoms with E-state index in [1.165, 1.54) is 22.2 Å². The molecule has 0 saturated carbocycles. The fourth-order valence-corrected chi connectivity index (χ4v) is 4.34. The van der Waals surface area contributed by atoms with E-state index in [4.69, 9.17) is 9.84 Å². The zero-order valence-corrected chi connectivity index (χ0v) is 19.2. The van der Waals surface area contributed by atoms with Crippen molar-refractivity contribution in [3.8, 4) is 22.7 Å². The second kappa shape index (κ2) is 8.99. The number of aromatic nitrogens is 5. The van der Waals surface area contributed by atoms with Crippen molar-refractivity contribution in [3.05, 3.63) is 87.6 Å². The average Bonchev–Trinajstić information content (AvgIpc) is 3.52. The molecule has 5 aromatic rings. The van der Waals surface area contributed by atoms with Gasteiger partial charge in [0.2, 0.25) is 4.96 Å². The molecule has 0 atom stereocenters. The molecule has 0 radical (unpaired) electrons. The standard InChI is InChI=1S/C25H23N5O2S/c1-17(2)12-13-32-21-10-8-18(9-11-21)23-19(15-29(28-23)20-6-4-3-5-7-20)14-22-24(31)30-25(33-22)26-16-27-30/h3-11,14-17H,12-13H2,1-2H3/b22-14+. The van der Waals surface area contributed by atoms with Gasteiger partial charge < -0.3 is 4.74 Å². The van der Waals surface area contributed by atoms with Gasteiger partial charge >= 0.3 is 0 Å². The van der Waals surface area contributed by atoms with Crippen molar-refractivity contribution in [2.24, 2.45) is 5.92 Å². The Hall–Kier alpha value is -3.78. The molecule has 7 nitrogen and oxygen atoms in total. The van der Waals surface area contributed by atoms with Gasteiger partial charge in [0.25, 0.3) is 5.56 Å². The van der Waals surface area contributed by atoms with Crippen LogP contribution in [0.25, 0.3) is 28.0 Å². The lowest BCUT2D eigenvalue weighted by molar-refractivity contribution is 0.289. The summed E-state index contributed by atoms with van der Waals surface area (Å²) in [6.45, 7) is 5.06. The highest BCUT2D eigenvalue weighted by Crippen LogP contribution is 2.26. The summed E-state index contributed by atoms with van der Waals surface area (Å²) in [5.74, 6) is 1.44. The minimum absolute atomic E-state index is 0.181. The molecule has 0 unspecified atom stereocenters. The third-order valence-corrected chi connectivity index (χ3v) is 6.24. The minimum atomic E-state index is -0.181. The molecule has 0 aliphatic carbocycles. The zero-order chi connectivity index (χ0) is 22.8. The number of rotatable bonds is 7. The maximum atomic E-state index is 12.7. The first-order valence-electron chi connectivity index (χ1n) is 10.8. The highest BCUT2D eigenvalue weighted by Gasteiger charge is 2.13. The van der Waals surface area contributed by atoms with E-state index >= 15 is 0 Å². The Balaban J connectivity index is 1.55. The molecule has 166 valence electrons. The molecular formula is C25H23N5O2S. The van der Waals surface area contributed by atoms with Crippen LogP contribution in [-0.4, -0.2) is 31.0 Å². The van der Waals surface area contributed by atoms with Crippen LogP contribution >= 0.6 is 11.3 Å². The second-order valence-electron chi connectivity index (χ2n) is 8.14. The number of benzene rings is 2. The van der Waals surface area contributed by atoms with Crippen LogP contribution in [0.2, 0.25) is 0 Å². The molecule has 8 heteroatoms. The summed E-state index contributed by atoms with van der Waals surface area (Å²) in [4.78, 5) is 17.4. The molecule has 2 aromatic carbocycles. The summed E-state index contributed by atoms with van der Waals surface area (Å²) in [5, 5.41) is 8.85. The predicted octanol–water partition coefficient (Wildman–Crippen LogP) is 3.98. The number of ether oxygens (including phenoxy) is 1. The van der Waals surface area contributed by atoms with Gasteiger partial charge in [0.15, 0.2) is 0 Å². The van der Waals surface area contributed by atoms with Crippen LogP contribution in [0.5, 0.6) is 5.75 Å². The molecule has 0 amide bonds. The lowest BCUT2D eigenvalue weighted by Crippen LogP contribution is -2.23. The van der Waals surface area contributed by atoms with Crippen LogP contribution in [0.4, 0.5) is 0 Å². The molecule has 3 aromatic heterocycles. The van der Waals surface area contributed by atoms with E-state index in [1.54, 1.807) is 0 Å². The van der Waals surface area contributed by atoms with E-state index in [-0.39, 0.29) is 5.56 Å². The van der Waals surface area contributed by atoms with Gasteiger partial charge in [0.1, 0.15) is 17.8 Å². The smallest absolute Gasteiger partial charge is 0.291 e. The first kappa shape index (κ1) is 21.1. The number of para-hydroxylation sites is 1. The fourth-order valence-electron chi connectivity index (χ4n) is 3.47. The summed E-state index contributed by atoms with van der Waals surface area (Å²) in [6, 6.07) is 17.8. The zero-order valence-electron chi connectivity index (χ0n) is 18.4. The number of nitrogens with zero attached hydrogens (tertiary/aromatic N) is 5. The Morgan fingerprint density at radius 2 is 1.88 bits per heavy atom. The molecular weight excluding hydrogens is 434 g/mol. The molecule has 33 heavy (non-hydrogen) atoms. The van der Waals surface area contributed by atoms with Gasteiger partial charge in [0.05, 0.1) is 16.8 Å². The van der Waals surface area contributed by atoms with Gasteiger partial charge in [-0.15, -0.1) is 0 Å². The van der Waals surface area contributed by atoms with E-state index in [9.17, 15) is 4.79 Å². The molecule has 0 saturated heterocycles. The maximum absolute atomic E-state index is 12.7. The van der Waals surface area contributed by atoms with E-state index in [0.717, 1.165) is 34.7 Å². The topological polar surface area (TPSA) is 74.3 Å². The van der Waals surface area contributed by atoms with Crippen molar-refractivity contribution in [2.75, 3.05) is 6.61 Å². The summed E-state index contributed by atoms with van der Waals surface area (Å²) >= 11 is 1.31. The lowest BCUT2D eigenvalue weighted by atomic mass is 10.1. The highest BCUT2D eigenvalue weighted by molar-refractivity contribution is 7.15. The van der Waals surface area contributed by atoms with Crippen molar-refractivity contribution >= 4 is 22.4 Å². The monoisotopic (exact) mass is 457 g/mol. The van der Waals surface area contributed by atoms with Gasteiger partial charge in [-0.1, -0.05) is 43.4 Å². The summed E-state index contributed by atoms with van der Waals surface area (Å²) in [5.41, 5.74) is 3.33. The Morgan fingerprint density at radius 1 is 1.09 bits per heavy atom. The van der Waals surface area contributed by atoms with Gasteiger partial charge in [-0.05, 0) is 54.8 Å². The summed E-state index contributed by atoms with van der Waals surface area (Å²) < 4.78 is 9.57. The lowest BCUT2D eigenvalue weighted by Gasteiger charge is -2.08. The maximum Gasteiger partial charge on any atom is 0.291 e. The van der Waals surface area contributed by atoms with Crippen LogP contribution in [0.15, 0.2) is 71.9 Å². The van der Waals surface area contributed by atoms with Crippen LogP contribution in [-0.2, 0) is 0 Å². The van der Waals surface area contributed by atoms with Crippen molar-refractivity contribution in [3.63, 3.8) is 0 Å². The molecule has 3 heterocycles. The highest BCUT2D eigenvalue weighted by atomic mass is 32.1. The molecule has 0 N–H and O–H groups in total. The van der Waals surface area contributed by atoms with Gasteiger partial charge in [-0.2, -0.15) is 14.7 Å². The quantitative estimate of drug-likeness (QED) is 0.370. The van der Waals surface area contributed by atoms with Crippen LogP contribution in [0, 0.1) is 5.92 Å². The SMILES string of the molecule is CC(C)CCOc1ccc(-c2nn(-c3ccccc3)cc2/C=c2/sc3ncnn3c2=O)cc1. The van der Waals surface area contributed by atoms with Crippen molar-refractivity contribution in [1.29, 1.82) is 0 Å². The Morgan fingerprint density at radius 3 is 2.61 bits per heavy atom. The largest absolute Gasteiger partial charge is 0.494 e. The predicted molar refractivity (Wildman–Crippen MR) is 130 cm³/mol. The van der Waals surface area contributed by atoms with E-state index in [0.29, 0.717) is 22.0 Å². The number of thiazole rings is 1. The normalized spacial score (nSPS) is 12.2. The van der Waals surface area contributed by atoms with Crippen LogP contribution in [0.1, 0.15) is 25.8 Å².